The van der Waals surface area contributed by atoms with Crippen LogP contribution in [0.2, 0.25) is 5.02 Å². The molecule has 0 atom stereocenters. The van der Waals surface area contributed by atoms with Gasteiger partial charge in [-0.15, -0.1) is 0 Å². The second-order valence-corrected chi connectivity index (χ2v) is 3.51. The van der Waals surface area contributed by atoms with Crippen molar-refractivity contribution < 1.29 is 4.74 Å². The zero-order valence-electron chi connectivity index (χ0n) is 8.69. The van der Waals surface area contributed by atoms with E-state index in [0.29, 0.717) is 22.2 Å². The maximum Gasteiger partial charge on any atom is 0.138 e. The first-order chi connectivity index (χ1) is 7.63. The highest BCUT2D eigenvalue weighted by Crippen LogP contribution is 2.26. The Morgan fingerprint density at radius 2 is 2.19 bits per heavy atom. The van der Waals surface area contributed by atoms with Crippen molar-refractivity contribution in [3.05, 3.63) is 47.3 Å². The third-order valence-electron chi connectivity index (χ3n) is 1.77. The summed E-state index contributed by atoms with van der Waals surface area (Å²) in [6, 6.07) is 5.03. The summed E-state index contributed by atoms with van der Waals surface area (Å²) in [5.41, 5.74) is 17.5. The molecule has 0 aliphatic carbocycles. The molecule has 0 radical (unpaired) electrons. The average Bonchev–Trinajstić information content (AvgIpc) is 2.25. The first-order valence-electron chi connectivity index (χ1n) is 4.64. The molecule has 0 aliphatic rings. The molecular weight excluding hydrogens is 226 g/mol. The summed E-state index contributed by atoms with van der Waals surface area (Å²) < 4.78 is 5.40. The van der Waals surface area contributed by atoms with Crippen molar-refractivity contribution in [2.45, 2.75) is 0 Å². The van der Waals surface area contributed by atoms with Crippen LogP contribution in [0.15, 0.2) is 42.2 Å². The number of halogens is 1. The largest absolute Gasteiger partial charge is 0.486 e. The summed E-state index contributed by atoms with van der Waals surface area (Å²) in [6.45, 7) is 0.244. The van der Waals surface area contributed by atoms with E-state index in [1.165, 1.54) is 6.20 Å². The molecule has 0 saturated heterocycles. The van der Waals surface area contributed by atoms with Crippen LogP contribution >= 0.6 is 11.6 Å². The van der Waals surface area contributed by atoms with Crippen LogP contribution in [0.1, 0.15) is 0 Å². The fourth-order valence-corrected chi connectivity index (χ4v) is 1.27. The van der Waals surface area contributed by atoms with E-state index in [2.05, 4.69) is 0 Å². The van der Waals surface area contributed by atoms with Gasteiger partial charge in [-0.1, -0.05) is 11.6 Å². The molecule has 86 valence electrons. The summed E-state index contributed by atoms with van der Waals surface area (Å²) in [6.07, 6.45) is 4.68. The highest BCUT2D eigenvalue weighted by molar-refractivity contribution is 6.32. The van der Waals surface area contributed by atoms with E-state index in [9.17, 15) is 0 Å². The van der Waals surface area contributed by atoms with Gasteiger partial charge in [0.15, 0.2) is 0 Å². The van der Waals surface area contributed by atoms with Crippen LogP contribution in [0.5, 0.6) is 5.75 Å². The van der Waals surface area contributed by atoms with E-state index in [-0.39, 0.29) is 6.61 Å². The average molecular weight is 240 g/mol. The number of hydrogen-bond donors (Lipinski definition) is 3. The highest BCUT2D eigenvalue weighted by atomic mass is 35.5. The molecule has 0 aliphatic heterocycles. The lowest BCUT2D eigenvalue weighted by atomic mass is 10.3. The number of ether oxygens (including phenoxy) is 1. The topological polar surface area (TPSA) is 87.3 Å². The Morgan fingerprint density at radius 1 is 1.44 bits per heavy atom. The van der Waals surface area contributed by atoms with Gasteiger partial charge in [0, 0.05) is 11.4 Å². The van der Waals surface area contributed by atoms with Gasteiger partial charge in [0.2, 0.25) is 0 Å². The van der Waals surface area contributed by atoms with Gasteiger partial charge < -0.3 is 21.9 Å². The van der Waals surface area contributed by atoms with E-state index in [0.717, 1.165) is 0 Å². The van der Waals surface area contributed by atoms with Crippen LogP contribution in [0, 0.1) is 0 Å². The molecule has 0 saturated carbocycles. The van der Waals surface area contributed by atoms with Crippen LogP contribution in [-0.2, 0) is 0 Å². The van der Waals surface area contributed by atoms with Crippen molar-refractivity contribution in [2.75, 3.05) is 12.3 Å². The van der Waals surface area contributed by atoms with E-state index in [4.69, 9.17) is 33.5 Å². The van der Waals surface area contributed by atoms with Gasteiger partial charge in [-0.2, -0.15) is 0 Å². The summed E-state index contributed by atoms with van der Waals surface area (Å²) in [4.78, 5) is 0. The van der Waals surface area contributed by atoms with Gasteiger partial charge in [0.25, 0.3) is 0 Å². The molecule has 1 aromatic carbocycles. The number of hydrogen-bond acceptors (Lipinski definition) is 4. The van der Waals surface area contributed by atoms with Crippen LogP contribution in [0.25, 0.3) is 0 Å². The molecule has 5 heteroatoms. The minimum absolute atomic E-state index is 0.244. The van der Waals surface area contributed by atoms with Gasteiger partial charge in [-0.25, -0.2) is 0 Å². The molecule has 0 spiro atoms. The third-order valence-corrected chi connectivity index (χ3v) is 2.07. The number of rotatable bonds is 4. The van der Waals surface area contributed by atoms with Crippen molar-refractivity contribution in [2.24, 2.45) is 11.5 Å². The molecule has 16 heavy (non-hydrogen) atoms. The van der Waals surface area contributed by atoms with E-state index in [1.807, 2.05) is 0 Å². The fourth-order valence-electron chi connectivity index (χ4n) is 1.02. The van der Waals surface area contributed by atoms with Crippen molar-refractivity contribution >= 4 is 17.3 Å². The quantitative estimate of drug-likeness (QED) is 0.550. The van der Waals surface area contributed by atoms with Gasteiger partial charge in [-0.05, 0) is 36.6 Å². The summed E-state index contributed by atoms with van der Waals surface area (Å²) in [7, 11) is 0. The third kappa shape index (κ3) is 3.74. The van der Waals surface area contributed by atoms with Crippen LogP contribution in [-0.4, -0.2) is 6.61 Å². The van der Waals surface area contributed by atoms with Gasteiger partial charge in [0.05, 0.1) is 5.02 Å². The smallest absolute Gasteiger partial charge is 0.138 e. The monoisotopic (exact) mass is 239 g/mol. The van der Waals surface area contributed by atoms with Crippen LogP contribution in [0.3, 0.4) is 0 Å². The standard InChI is InChI=1S/C11H14ClN3O/c12-10-6-8(14)3-4-11(10)16-7-9(15)2-1-5-13/h1-6H,7,13-15H2/b5-1-,9-2-. The number of nitrogen functional groups attached to an aromatic ring is 1. The minimum atomic E-state index is 0.244. The number of allylic oxidation sites excluding steroid dienone is 2. The van der Waals surface area contributed by atoms with E-state index in [1.54, 1.807) is 30.4 Å². The molecule has 1 rings (SSSR count). The Bertz CT molecular complexity index is 416. The molecular formula is C11H14ClN3O. The number of nitrogens with two attached hydrogens (primary N) is 3. The van der Waals surface area contributed by atoms with Crippen LogP contribution < -0.4 is 21.9 Å². The SMILES string of the molecule is N/C=C\C=C(/N)COc1ccc(N)cc1Cl. The minimum Gasteiger partial charge on any atom is -0.486 e. The van der Waals surface area contributed by atoms with Crippen molar-refractivity contribution in [1.82, 2.24) is 0 Å². The lowest BCUT2D eigenvalue weighted by molar-refractivity contribution is 0.351. The fraction of sp³-hybridized carbons (Fsp3) is 0.0909. The molecule has 4 nitrogen and oxygen atoms in total. The molecule has 1 aromatic rings. The molecule has 6 N–H and O–H groups in total. The molecule has 0 heterocycles. The predicted molar refractivity (Wildman–Crippen MR) is 67.0 cm³/mol. The van der Waals surface area contributed by atoms with Gasteiger partial charge in [-0.3, -0.25) is 0 Å². The molecule has 0 fully saturated rings. The molecule has 0 unspecified atom stereocenters. The molecule has 0 bridgehead atoms. The van der Waals surface area contributed by atoms with Gasteiger partial charge in [0.1, 0.15) is 12.4 Å². The Morgan fingerprint density at radius 3 is 2.81 bits per heavy atom. The zero-order chi connectivity index (χ0) is 12.0. The Balaban J connectivity index is 2.61. The first kappa shape index (κ1) is 12.3. The zero-order valence-corrected chi connectivity index (χ0v) is 9.45. The lowest BCUT2D eigenvalue weighted by Crippen LogP contribution is -2.09. The first-order valence-corrected chi connectivity index (χ1v) is 5.02. The summed E-state index contributed by atoms with van der Waals surface area (Å²) >= 11 is 5.92. The second-order valence-electron chi connectivity index (χ2n) is 3.11. The van der Waals surface area contributed by atoms with Crippen molar-refractivity contribution in [1.29, 1.82) is 0 Å². The van der Waals surface area contributed by atoms with Crippen molar-refractivity contribution in [3.63, 3.8) is 0 Å². The van der Waals surface area contributed by atoms with E-state index >= 15 is 0 Å². The lowest BCUT2D eigenvalue weighted by Gasteiger charge is -2.08. The predicted octanol–water partition coefficient (Wildman–Crippen LogP) is 1.62. The number of benzene rings is 1. The summed E-state index contributed by atoms with van der Waals surface area (Å²) in [5, 5.41) is 0.460. The van der Waals surface area contributed by atoms with Crippen LogP contribution in [0.4, 0.5) is 5.69 Å². The maximum absolute atomic E-state index is 5.92. The Labute approximate surface area is 99.3 Å². The summed E-state index contributed by atoms with van der Waals surface area (Å²) in [5.74, 6) is 0.545. The second kappa shape index (κ2) is 5.92. The van der Waals surface area contributed by atoms with Gasteiger partial charge >= 0.3 is 0 Å². The van der Waals surface area contributed by atoms with Crippen molar-refractivity contribution in [3.8, 4) is 5.75 Å². The number of anilines is 1. The maximum atomic E-state index is 5.92. The Kier molecular flexibility index (Phi) is 4.54. The molecule has 0 aromatic heterocycles. The normalized spacial score (nSPS) is 11.9. The molecule has 0 amide bonds. The highest BCUT2D eigenvalue weighted by Gasteiger charge is 2.01. The van der Waals surface area contributed by atoms with E-state index < -0.39 is 0 Å². The Hall–Kier alpha value is -1.81.